The van der Waals surface area contributed by atoms with E-state index in [1.54, 1.807) is 13.2 Å². The number of halogens is 1. The molecule has 1 saturated heterocycles. The van der Waals surface area contributed by atoms with Gasteiger partial charge in [-0.25, -0.2) is 14.8 Å². The van der Waals surface area contributed by atoms with E-state index in [2.05, 4.69) is 41.0 Å². The maximum Gasteiger partial charge on any atom is 0.410 e. The van der Waals surface area contributed by atoms with E-state index < -0.39 is 5.60 Å². The molecule has 10 heteroatoms. The molecule has 1 aliphatic heterocycles. The molecule has 154 valence electrons. The highest BCUT2D eigenvalue weighted by Crippen LogP contribution is 2.26. The first kappa shape index (κ1) is 20.8. The van der Waals surface area contributed by atoms with Gasteiger partial charge in [-0.15, -0.1) is 0 Å². The minimum atomic E-state index is -0.498. The predicted molar refractivity (Wildman–Crippen MR) is 109 cm³/mol. The van der Waals surface area contributed by atoms with Gasteiger partial charge in [0.25, 0.3) is 0 Å². The van der Waals surface area contributed by atoms with Crippen LogP contribution in [-0.4, -0.2) is 76.2 Å². The number of aromatic nitrogens is 4. The monoisotopic (exact) mass is 454 g/mol. The van der Waals surface area contributed by atoms with Crippen molar-refractivity contribution in [1.29, 1.82) is 0 Å². The summed E-state index contributed by atoms with van der Waals surface area (Å²) in [5.74, 6) is 0.687. The van der Waals surface area contributed by atoms with E-state index in [-0.39, 0.29) is 12.1 Å². The predicted octanol–water partition coefficient (Wildman–Crippen LogP) is 2.97. The Morgan fingerprint density at radius 2 is 2.25 bits per heavy atom. The van der Waals surface area contributed by atoms with Crippen LogP contribution in [0.5, 0.6) is 0 Å². The molecule has 3 heterocycles. The number of likely N-dealkylation sites (N-methyl/N-ethyl adjacent to an activating group) is 1. The zero-order valence-electron chi connectivity index (χ0n) is 16.7. The number of nitrogens with zero attached hydrogens (tertiary/aromatic N) is 5. The Bertz CT molecular complexity index is 821. The Morgan fingerprint density at radius 3 is 3.00 bits per heavy atom. The van der Waals surface area contributed by atoms with Crippen molar-refractivity contribution in [1.82, 2.24) is 25.1 Å². The van der Waals surface area contributed by atoms with E-state index in [0.29, 0.717) is 25.7 Å². The van der Waals surface area contributed by atoms with Gasteiger partial charge < -0.3 is 19.3 Å². The van der Waals surface area contributed by atoms with Crippen molar-refractivity contribution in [3.8, 4) is 0 Å². The Labute approximate surface area is 172 Å². The second-order valence-corrected chi connectivity index (χ2v) is 8.70. The smallest absolute Gasteiger partial charge is 0.410 e. The van der Waals surface area contributed by atoms with Crippen molar-refractivity contribution in [2.45, 2.75) is 45.3 Å². The van der Waals surface area contributed by atoms with Gasteiger partial charge in [-0.2, -0.15) is 5.10 Å². The first-order chi connectivity index (χ1) is 13.2. The molecule has 28 heavy (non-hydrogen) atoms. The lowest BCUT2D eigenvalue weighted by molar-refractivity contribution is 0.0225. The molecule has 2 aromatic heterocycles. The number of carbonyl (C=O) groups excluding carboxylic acids is 1. The van der Waals surface area contributed by atoms with Crippen LogP contribution in [0, 0.1) is 0 Å². The molecule has 0 spiro atoms. The third kappa shape index (κ3) is 5.11. The van der Waals surface area contributed by atoms with Gasteiger partial charge >= 0.3 is 6.09 Å². The number of anilines is 1. The lowest BCUT2D eigenvalue weighted by Crippen LogP contribution is -2.37. The Kier molecular flexibility index (Phi) is 6.39. The summed E-state index contributed by atoms with van der Waals surface area (Å²) in [6.07, 6.45) is 3.48. The molecule has 0 bridgehead atoms. The van der Waals surface area contributed by atoms with Crippen LogP contribution >= 0.6 is 15.9 Å². The van der Waals surface area contributed by atoms with Crippen molar-refractivity contribution in [3.63, 3.8) is 0 Å². The van der Waals surface area contributed by atoms with E-state index in [1.807, 2.05) is 20.8 Å². The van der Waals surface area contributed by atoms with Gasteiger partial charge in [-0.3, -0.25) is 5.10 Å². The lowest BCUT2D eigenvalue weighted by Gasteiger charge is -2.26. The van der Waals surface area contributed by atoms with E-state index in [9.17, 15) is 4.79 Å². The van der Waals surface area contributed by atoms with Gasteiger partial charge in [0, 0.05) is 20.1 Å². The Balaban J connectivity index is 1.50. The molecule has 1 atom stereocenters. The average molecular weight is 455 g/mol. The van der Waals surface area contributed by atoms with Crippen LogP contribution in [0.25, 0.3) is 11.0 Å². The second-order valence-electron chi connectivity index (χ2n) is 7.91. The van der Waals surface area contributed by atoms with Gasteiger partial charge in [0.2, 0.25) is 5.95 Å². The van der Waals surface area contributed by atoms with E-state index in [4.69, 9.17) is 9.47 Å². The molecule has 9 nitrogen and oxygen atoms in total. The maximum absolute atomic E-state index is 12.0. The lowest BCUT2D eigenvalue weighted by atomic mass is 10.2. The van der Waals surface area contributed by atoms with Crippen LogP contribution in [0.4, 0.5) is 10.7 Å². The zero-order valence-corrected chi connectivity index (χ0v) is 18.3. The van der Waals surface area contributed by atoms with Crippen molar-refractivity contribution in [3.05, 3.63) is 10.8 Å². The Hall–Kier alpha value is -1.94. The van der Waals surface area contributed by atoms with Gasteiger partial charge in [0.15, 0.2) is 0 Å². The summed E-state index contributed by atoms with van der Waals surface area (Å²) >= 11 is 3.43. The number of carbonyl (C=O) groups is 1. The van der Waals surface area contributed by atoms with Crippen molar-refractivity contribution >= 4 is 39.0 Å². The molecule has 0 radical (unpaired) electrons. The standard InChI is InChI=1S/C18H27BrN6O3/c1-18(2,3)28-17(26)24(4)8-9-27-11-12-6-5-7-25(12)16-20-10-13-14(21-16)15(19)23-22-13/h10,12H,5-9,11H2,1-4H3,(H,22,23). The summed E-state index contributed by atoms with van der Waals surface area (Å²) < 4.78 is 11.9. The third-order valence-corrected chi connectivity index (χ3v) is 5.01. The summed E-state index contributed by atoms with van der Waals surface area (Å²) in [7, 11) is 1.71. The summed E-state index contributed by atoms with van der Waals surface area (Å²) in [5, 5.41) is 7.00. The largest absolute Gasteiger partial charge is 0.444 e. The van der Waals surface area contributed by atoms with Crippen LogP contribution in [0.15, 0.2) is 10.8 Å². The maximum atomic E-state index is 12.0. The summed E-state index contributed by atoms with van der Waals surface area (Å²) in [5.41, 5.74) is 1.00. The Morgan fingerprint density at radius 1 is 1.46 bits per heavy atom. The van der Waals surface area contributed by atoms with Crippen LogP contribution < -0.4 is 4.90 Å². The molecule has 3 rings (SSSR count). The molecule has 0 saturated carbocycles. The molecule has 1 fully saturated rings. The fraction of sp³-hybridized carbons (Fsp3) is 0.667. The van der Waals surface area contributed by atoms with Crippen LogP contribution in [0.2, 0.25) is 0 Å². The number of ether oxygens (including phenoxy) is 2. The third-order valence-electron chi connectivity index (χ3n) is 4.46. The van der Waals surface area contributed by atoms with Crippen LogP contribution in [-0.2, 0) is 9.47 Å². The van der Waals surface area contributed by atoms with Crippen molar-refractivity contribution in [2.24, 2.45) is 0 Å². The molecular formula is C18H27BrN6O3. The van der Waals surface area contributed by atoms with E-state index in [0.717, 1.165) is 35.0 Å². The van der Waals surface area contributed by atoms with Crippen LogP contribution in [0.3, 0.4) is 0 Å². The minimum Gasteiger partial charge on any atom is -0.444 e. The molecule has 1 aliphatic rings. The number of H-pyrrole nitrogens is 1. The van der Waals surface area contributed by atoms with Crippen molar-refractivity contribution in [2.75, 3.05) is 38.3 Å². The highest BCUT2D eigenvalue weighted by atomic mass is 79.9. The quantitative estimate of drug-likeness (QED) is 0.669. The fourth-order valence-electron chi connectivity index (χ4n) is 3.03. The molecule has 1 unspecified atom stereocenters. The topological polar surface area (TPSA) is 96.5 Å². The van der Waals surface area contributed by atoms with E-state index >= 15 is 0 Å². The molecule has 1 N–H and O–H groups in total. The molecule has 1 amide bonds. The number of nitrogens with one attached hydrogen (secondary N) is 1. The van der Waals surface area contributed by atoms with E-state index in [1.165, 1.54) is 4.90 Å². The number of fused-ring (bicyclic) bond motifs is 1. The number of amides is 1. The first-order valence-corrected chi connectivity index (χ1v) is 10.2. The van der Waals surface area contributed by atoms with Gasteiger partial charge in [0.05, 0.1) is 25.5 Å². The fourth-order valence-corrected chi connectivity index (χ4v) is 3.41. The normalized spacial score (nSPS) is 17.3. The van der Waals surface area contributed by atoms with Crippen LogP contribution in [0.1, 0.15) is 33.6 Å². The summed E-state index contributed by atoms with van der Waals surface area (Å²) in [6.45, 7) is 7.95. The minimum absolute atomic E-state index is 0.218. The van der Waals surface area contributed by atoms with Gasteiger partial charge in [0.1, 0.15) is 21.2 Å². The highest BCUT2D eigenvalue weighted by molar-refractivity contribution is 9.10. The zero-order chi connectivity index (χ0) is 20.3. The molecular weight excluding hydrogens is 428 g/mol. The summed E-state index contributed by atoms with van der Waals surface area (Å²) in [6, 6.07) is 0.218. The molecule has 2 aromatic rings. The average Bonchev–Trinajstić information content (AvgIpc) is 3.23. The number of hydrogen-bond donors (Lipinski definition) is 1. The number of aromatic amines is 1. The molecule has 0 aliphatic carbocycles. The van der Waals surface area contributed by atoms with Gasteiger partial charge in [-0.05, 0) is 49.5 Å². The summed E-state index contributed by atoms with van der Waals surface area (Å²) in [4.78, 5) is 24.8. The van der Waals surface area contributed by atoms with Gasteiger partial charge in [-0.1, -0.05) is 0 Å². The number of rotatable bonds is 6. The second kappa shape index (κ2) is 8.60. The first-order valence-electron chi connectivity index (χ1n) is 9.40. The van der Waals surface area contributed by atoms with Crippen molar-refractivity contribution < 1.29 is 14.3 Å². The number of hydrogen-bond acceptors (Lipinski definition) is 7. The highest BCUT2D eigenvalue weighted by Gasteiger charge is 2.27. The SMILES string of the molecule is CN(CCOCC1CCCN1c1ncc2n[nH]c(Br)c2n1)C(=O)OC(C)(C)C. The molecule has 0 aromatic carbocycles.